The van der Waals surface area contributed by atoms with Crippen LogP contribution in [-0.2, 0) is 0 Å². The van der Waals surface area contributed by atoms with Gasteiger partial charge in [-0.1, -0.05) is 49.5 Å². The van der Waals surface area contributed by atoms with E-state index in [1.54, 1.807) is 19.2 Å². The molecule has 3 N–H and O–H groups in total. The lowest BCUT2D eigenvalue weighted by molar-refractivity contribution is 0.0784. The zero-order valence-electron chi connectivity index (χ0n) is 12.0. The van der Waals surface area contributed by atoms with Crippen LogP contribution < -0.4 is 5.73 Å². The Labute approximate surface area is 129 Å². The molecule has 0 fully saturated rings. The van der Waals surface area contributed by atoms with E-state index in [2.05, 4.69) is 0 Å². The third-order valence-electron chi connectivity index (χ3n) is 3.51. The minimum atomic E-state index is -0.249. The number of amides is 1. The van der Waals surface area contributed by atoms with E-state index in [1.165, 1.54) is 4.90 Å². The van der Waals surface area contributed by atoms with E-state index >= 15 is 0 Å². The zero-order valence-corrected chi connectivity index (χ0v) is 12.9. The number of thiocarbonyl (C=S) groups is 1. The van der Waals surface area contributed by atoms with E-state index in [4.69, 9.17) is 18.0 Å². The maximum atomic E-state index is 12.4. The predicted molar refractivity (Wildman–Crippen MR) is 88.5 cm³/mol. The summed E-state index contributed by atoms with van der Waals surface area (Å²) in [6, 6.07) is 10.9. The Kier molecular flexibility index (Phi) is 4.43. The Hall–Kier alpha value is -2.14. The molecule has 110 valence electrons. The van der Waals surface area contributed by atoms with E-state index in [0.717, 1.165) is 5.39 Å². The van der Waals surface area contributed by atoms with Gasteiger partial charge in [-0.05, 0) is 11.5 Å². The summed E-state index contributed by atoms with van der Waals surface area (Å²) in [4.78, 5) is 14.3. The number of rotatable bonds is 4. The molecule has 0 bridgehead atoms. The molecule has 1 unspecified atom stereocenters. The molecule has 0 spiro atoms. The fourth-order valence-electron chi connectivity index (χ4n) is 2.22. The monoisotopic (exact) mass is 302 g/mol. The fraction of sp³-hybridized carbons (Fsp3) is 0.250. The van der Waals surface area contributed by atoms with Gasteiger partial charge in [0.1, 0.15) is 5.75 Å². The second kappa shape index (κ2) is 6.10. The summed E-state index contributed by atoms with van der Waals surface area (Å²) in [5.74, 6) is -0.314. The summed E-state index contributed by atoms with van der Waals surface area (Å²) in [6.07, 6.45) is 0. The maximum Gasteiger partial charge on any atom is 0.257 e. The van der Waals surface area contributed by atoms with Crippen LogP contribution in [0.15, 0.2) is 36.4 Å². The third kappa shape index (κ3) is 3.13. The van der Waals surface area contributed by atoms with Crippen LogP contribution in [0.3, 0.4) is 0 Å². The molecule has 0 saturated carbocycles. The Balaban J connectivity index is 2.31. The van der Waals surface area contributed by atoms with Crippen molar-refractivity contribution in [2.75, 3.05) is 13.6 Å². The van der Waals surface area contributed by atoms with Gasteiger partial charge in [0.25, 0.3) is 5.91 Å². The molecule has 2 rings (SSSR count). The first kappa shape index (κ1) is 15.3. The van der Waals surface area contributed by atoms with Crippen molar-refractivity contribution in [3.05, 3.63) is 42.0 Å². The second-order valence-electron chi connectivity index (χ2n) is 5.17. The molecular formula is C16H18N2O2S. The van der Waals surface area contributed by atoms with Gasteiger partial charge in [-0.2, -0.15) is 0 Å². The molecule has 0 aliphatic carbocycles. The summed E-state index contributed by atoms with van der Waals surface area (Å²) in [5, 5.41) is 11.9. The molecule has 5 heteroatoms. The molecule has 0 aliphatic heterocycles. The number of phenols is 1. The number of phenolic OH excluding ortho intramolecular Hbond substituents is 1. The Bertz CT molecular complexity index is 700. The summed E-state index contributed by atoms with van der Waals surface area (Å²) < 4.78 is 0. The first-order valence-corrected chi connectivity index (χ1v) is 7.08. The van der Waals surface area contributed by atoms with Gasteiger partial charge in [0.05, 0.1) is 10.6 Å². The average molecular weight is 302 g/mol. The topological polar surface area (TPSA) is 66.6 Å². The normalized spacial score (nSPS) is 12.1. The lowest BCUT2D eigenvalue weighted by atomic mass is 10.0. The van der Waals surface area contributed by atoms with Gasteiger partial charge < -0.3 is 15.7 Å². The quantitative estimate of drug-likeness (QED) is 0.852. The Morgan fingerprint density at radius 2 is 2.00 bits per heavy atom. The highest BCUT2D eigenvalue weighted by molar-refractivity contribution is 7.80. The zero-order chi connectivity index (χ0) is 15.6. The van der Waals surface area contributed by atoms with Crippen molar-refractivity contribution in [1.29, 1.82) is 0 Å². The summed E-state index contributed by atoms with van der Waals surface area (Å²) >= 11 is 4.92. The van der Waals surface area contributed by atoms with Crippen LogP contribution in [-0.4, -0.2) is 34.5 Å². The highest BCUT2D eigenvalue weighted by Crippen LogP contribution is 2.29. The van der Waals surface area contributed by atoms with Gasteiger partial charge in [-0.3, -0.25) is 4.79 Å². The molecule has 4 nitrogen and oxygen atoms in total. The molecule has 1 atom stereocenters. The molecule has 2 aromatic rings. The summed E-state index contributed by atoms with van der Waals surface area (Å²) in [7, 11) is 1.67. The first-order valence-electron chi connectivity index (χ1n) is 6.67. The molecule has 0 radical (unpaired) electrons. The van der Waals surface area contributed by atoms with Gasteiger partial charge >= 0.3 is 0 Å². The van der Waals surface area contributed by atoms with E-state index in [1.807, 2.05) is 31.2 Å². The van der Waals surface area contributed by atoms with Gasteiger partial charge in [-0.25, -0.2) is 0 Å². The SMILES string of the molecule is CC(CN(C)C(=O)c1ccc2ccccc2c1O)C(N)=S. The molecule has 0 heterocycles. The summed E-state index contributed by atoms with van der Waals surface area (Å²) in [5.41, 5.74) is 5.86. The smallest absolute Gasteiger partial charge is 0.257 e. The van der Waals surface area contributed by atoms with Gasteiger partial charge in [0.15, 0.2) is 0 Å². The molecule has 0 aromatic heterocycles. The third-order valence-corrected chi connectivity index (χ3v) is 3.91. The lowest BCUT2D eigenvalue weighted by Gasteiger charge is -2.21. The van der Waals surface area contributed by atoms with E-state index in [-0.39, 0.29) is 23.1 Å². The van der Waals surface area contributed by atoms with Crippen LogP contribution in [0.1, 0.15) is 17.3 Å². The number of nitrogens with two attached hydrogens (primary N) is 1. The molecule has 0 saturated heterocycles. The molecular weight excluding hydrogens is 284 g/mol. The number of nitrogens with zero attached hydrogens (tertiary/aromatic N) is 1. The van der Waals surface area contributed by atoms with E-state index in [0.29, 0.717) is 16.9 Å². The van der Waals surface area contributed by atoms with Crippen LogP contribution in [0.2, 0.25) is 0 Å². The number of fused-ring (bicyclic) bond motifs is 1. The average Bonchev–Trinajstić information content (AvgIpc) is 2.47. The minimum Gasteiger partial charge on any atom is -0.506 e. The maximum absolute atomic E-state index is 12.4. The van der Waals surface area contributed by atoms with Gasteiger partial charge in [0, 0.05) is 24.9 Å². The number of benzene rings is 2. The van der Waals surface area contributed by atoms with Crippen LogP contribution in [0, 0.1) is 5.92 Å². The minimum absolute atomic E-state index is 0.00734. The van der Waals surface area contributed by atoms with E-state index < -0.39 is 0 Å². The number of hydrogen-bond donors (Lipinski definition) is 2. The predicted octanol–water partition coefficient (Wildman–Crippen LogP) is 2.54. The highest BCUT2D eigenvalue weighted by Gasteiger charge is 2.19. The highest BCUT2D eigenvalue weighted by atomic mass is 32.1. The van der Waals surface area contributed by atoms with Crippen molar-refractivity contribution in [2.24, 2.45) is 11.7 Å². The van der Waals surface area contributed by atoms with Crippen LogP contribution in [0.25, 0.3) is 10.8 Å². The molecule has 2 aromatic carbocycles. The van der Waals surface area contributed by atoms with Crippen molar-refractivity contribution in [3.63, 3.8) is 0 Å². The van der Waals surface area contributed by atoms with Crippen molar-refractivity contribution < 1.29 is 9.90 Å². The van der Waals surface area contributed by atoms with Crippen LogP contribution in [0.4, 0.5) is 0 Å². The van der Waals surface area contributed by atoms with Crippen molar-refractivity contribution >= 4 is 33.9 Å². The van der Waals surface area contributed by atoms with Crippen LogP contribution >= 0.6 is 12.2 Å². The molecule has 1 amide bonds. The van der Waals surface area contributed by atoms with Gasteiger partial charge in [0.2, 0.25) is 0 Å². The summed E-state index contributed by atoms with van der Waals surface area (Å²) in [6.45, 7) is 2.28. The first-order chi connectivity index (χ1) is 9.91. The van der Waals surface area contributed by atoms with Crippen molar-refractivity contribution in [1.82, 2.24) is 4.90 Å². The number of carbonyl (C=O) groups excluding carboxylic acids is 1. The van der Waals surface area contributed by atoms with Gasteiger partial charge in [-0.15, -0.1) is 0 Å². The van der Waals surface area contributed by atoms with Crippen LogP contribution in [0.5, 0.6) is 5.75 Å². The lowest BCUT2D eigenvalue weighted by Crippen LogP contribution is -2.35. The van der Waals surface area contributed by atoms with Crippen molar-refractivity contribution in [3.8, 4) is 5.75 Å². The number of aromatic hydroxyl groups is 1. The largest absolute Gasteiger partial charge is 0.506 e. The molecule has 21 heavy (non-hydrogen) atoms. The Morgan fingerprint density at radius 1 is 1.33 bits per heavy atom. The van der Waals surface area contributed by atoms with E-state index in [9.17, 15) is 9.90 Å². The molecule has 0 aliphatic rings. The standard InChI is InChI=1S/C16H18N2O2S/c1-10(15(17)21)9-18(2)16(20)13-8-7-11-5-3-4-6-12(11)14(13)19/h3-8,10,19H,9H2,1-2H3,(H2,17,21). The second-order valence-corrected chi connectivity index (χ2v) is 5.64. The number of carbonyl (C=O) groups is 1. The number of hydrogen-bond acceptors (Lipinski definition) is 3. The van der Waals surface area contributed by atoms with Crippen molar-refractivity contribution in [2.45, 2.75) is 6.92 Å². The Morgan fingerprint density at radius 3 is 2.67 bits per heavy atom. The fourth-order valence-corrected chi connectivity index (χ4v) is 2.29.